The second-order valence-electron chi connectivity index (χ2n) is 5.26. The Morgan fingerprint density at radius 1 is 1.29 bits per heavy atom. The summed E-state index contributed by atoms with van der Waals surface area (Å²) < 4.78 is 0. The van der Waals surface area contributed by atoms with E-state index in [-0.39, 0.29) is 5.54 Å². The summed E-state index contributed by atoms with van der Waals surface area (Å²) in [5.74, 6) is 0.606. The van der Waals surface area contributed by atoms with Gasteiger partial charge in [-0.05, 0) is 25.7 Å². The Morgan fingerprint density at radius 2 is 1.86 bits per heavy atom. The summed E-state index contributed by atoms with van der Waals surface area (Å²) in [6, 6.07) is 0.708. The molecule has 2 heteroatoms. The molecule has 1 aliphatic carbocycles. The van der Waals surface area contributed by atoms with E-state index < -0.39 is 0 Å². The van der Waals surface area contributed by atoms with Gasteiger partial charge < -0.3 is 11.1 Å². The van der Waals surface area contributed by atoms with Crippen LogP contribution in [0.25, 0.3) is 0 Å². The quantitative estimate of drug-likeness (QED) is 0.727. The molecule has 0 aliphatic heterocycles. The molecule has 0 spiro atoms. The average Bonchev–Trinajstić information content (AvgIpc) is 2.19. The zero-order chi connectivity index (χ0) is 10.6. The van der Waals surface area contributed by atoms with Gasteiger partial charge in [-0.25, -0.2) is 0 Å². The van der Waals surface area contributed by atoms with Crippen LogP contribution in [0.3, 0.4) is 0 Å². The fourth-order valence-electron chi connectivity index (χ4n) is 2.17. The van der Waals surface area contributed by atoms with Crippen molar-refractivity contribution in [3.05, 3.63) is 0 Å². The molecule has 1 rings (SSSR count). The van der Waals surface area contributed by atoms with Gasteiger partial charge in [-0.2, -0.15) is 0 Å². The monoisotopic (exact) mass is 198 g/mol. The Labute approximate surface area is 88.6 Å². The summed E-state index contributed by atoms with van der Waals surface area (Å²) >= 11 is 0. The van der Waals surface area contributed by atoms with Gasteiger partial charge in [0.15, 0.2) is 0 Å². The third-order valence-electron chi connectivity index (χ3n) is 3.84. The molecule has 3 N–H and O–H groups in total. The van der Waals surface area contributed by atoms with Crippen LogP contribution < -0.4 is 11.1 Å². The van der Waals surface area contributed by atoms with E-state index in [1.807, 2.05) is 0 Å². The van der Waals surface area contributed by atoms with E-state index in [0.29, 0.717) is 12.0 Å². The average molecular weight is 198 g/mol. The predicted octanol–water partition coefficient (Wildman–Crippen LogP) is 2.28. The minimum absolute atomic E-state index is 0.127. The van der Waals surface area contributed by atoms with Gasteiger partial charge >= 0.3 is 0 Å². The molecule has 0 radical (unpaired) electrons. The van der Waals surface area contributed by atoms with E-state index in [4.69, 9.17) is 5.73 Å². The summed E-state index contributed by atoms with van der Waals surface area (Å²) in [7, 11) is 0. The lowest BCUT2D eigenvalue weighted by Gasteiger charge is -2.39. The number of nitrogens with one attached hydrogen (secondary N) is 1. The minimum atomic E-state index is 0.127. The lowest BCUT2D eigenvalue weighted by atomic mass is 9.85. The molecule has 0 saturated heterocycles. The zero-order valence-corrected chi connectivity index (χ0v) is 9.97. The van der Waals surface area contributed by atoms with Crippen molar-refractivity contribution in [2.45, 2.75) is 64.5 Å². The van der Waals surface area contributed by atoms with Gasteiger partial charge in [0.1, 0.15) is 0 Å². The lowest BCUT2D eigenvalue weighted by molar-refractivity contribution is 0.212. The molecule has 84 valence electrons. The van der Waals surface area contributed by atoms with Gasteiger partial charge in [0.25, 0.3) is 0 Å². The standard InChI is InChI=1S/C12H26N2/c1-10(2)12(3,9-13)14-11-7-5-4-6-8-11/h10-11,14H,4-9,13H2,1-3H3. The normalized spacial score (nSPS) is 23.8. The van der Waals surface area contributed by atoms with Crippen LogP contribution in [0.15, 0.2) is 0 Å². The maximum absolute atomic E-state index is 5.86. The van der Waals surface area contributed by atoms with Gasteiger partial charge in [0.2, 0.25) is 0 Å². The minimum Gasteiger partial charge on any atom is -0.329 e. The fraction of sp³-hybridized carbons (Fsp3) is 1.00. The van der Waals surface area contributed by atoms with Gasteiger partial charge in [-0.3, -0.25) is 0 Å². The highest BCUT2D eigenvalue weighted by Crippen LogP contribution is 2.22. The van der Waals surface area contributed by atoms with Crippen molar-refractivity contribution in [3.63, 3.8) is 0 Å². The number of nitrogens with two attached hydrogens (primary N) is 1. The van der Waals surface area contributed by atoms with E-state index in [2.05, 4.69) is 26.1 Å². The Balaban J connectivity index is 2.46. The second-order valence-corrected chi connectivity index (χ2v) is 5.26. The molecule has 1 saturated carbocycles. The van der Waals surface area contributed by atoms with Crippen molar-refractivity contribution in [1.29, 1.82) is 0 Å². The first-order chi connectivity index (χ1) is 6.58. The van der Waals surface area contributed by atoms with Crippen LogP contribution in [-0.4, -0.2) is 18.1 Å². The maximum atomic E-state index is 5.86. The van der Waals surface area contributed by atoms with Crippen molar-refractivity contribution < 1.29 is 0 Å². The molecule has 0 aromatic heterocycles. The van der Waals surface area contributed by atoms with E-state index >= 15 is 0 Å². The van der Waals surface area contributed by atoms with Gasteiger partial charge in [-0.1, -0.05) is 33.1 Å². The van der Waals surface area contributed by atoms with E-state index in [1.165, 1.54) is 32.1 Å². The molecular weight excluding hydrogens is 172 g/mol. The van der Waals surface area contributed by atoms with Gasteiger partial charge in [0, 0.05) is 18.1 Å². The van der Waals surface area contributed by atoms with Crippen molar-refractivity contribution in [1.82, 2.24) is 5.32 Å². The summed E-state index contributed by atoms with van der Waals surface area (Å²) in [5, 5.41) is 3.76. The van der Waals surface area contributed by atoms with Gasteiger partial charge in [-0.15, -0.1) is 0 Å². The molecule has 14 heavy (non-hydrogen) atoms. The topological polar surface area (TPSA) is 38.0 Å². The molecule has 0 aromatic rings. The fourth-order valence-corrected chi connectivity index (χ4v) is 2.17. The summed E-state index contributed by atoms with van der Waals surface area (Å²) in [4.78, 5) is 0. The second kappa shape index (κ2) is 5.13. The predicted molar refractivity (Wildman–Crippen MR) is 62.3 cm³/mol. The third kappa shape index (κ3) is 2.96. The van der Waals surface area contributed by atoms with Crippen LogP contribution in [0, 0.1) is 5.92 Å². The molecule has 0 aromatic carbocycles. The number of hydrogen-bond donors (Lipinski definition) is 2. The highest BCUT2D eigenvalue weighted by atomic mass is 15.0. The molecule has 0 heterocycles. The van der Waals surface area contributed by atoms with E-state index in [1.54, 1.807) is 0 Å². The summed E-state index contributed by atoms with van der Waals surface area (Å²) in [5.41, 5.74) is 5.99. The Morgan fingerprint density at radius 3 is 2.29 bits per heavy atom. The first-order valence-electron chi connectivity index (χ1n) is 6.06. The molecule has 2 nitrogen and oxygen atoms in total. The van der Waals surface area contributed by atoms with E-state index in [9.17, 15) is 0 Å². The molecule has 1 aliphatic rings. The molecule has 1 fully saturated rings. The van der Waals surface area contributed by atoms with Crippen LogP contribution in [0.2, 0.25) is 0 Å². The first-order valence-corrected chi connectivity index (χ1v) is 6.06. The van der Waals surface area contributed by atoms with Gasteiger partial charge in [0.05, 0.1) is 0 Å². The summed E-state index contributed by atoms with van der Waals surface area (Å²) in [6.45, 7) is 7.50. The number of rotatable bonds is 4. The molecule has 0 bridgehead atoms. The lowest BCUT2D eigenvalue weighted by Crippen LogP contribution is -2.56. The molecule has 0 amide bonds. The molecular formula is C12H26N2. The van der Waals surface area contributed by atoms with Crippen molar-refractivity contribution in [3.8, 4) is 0 Å². The Kier molecular flexibility index (Phi) is 4.39. The van der Waals surface area contributed by atoms with Crippen LogP contribution in [0.4, 0.5) is 0 Å². The maximum Gasteiger partial charge on any atom is 0.0301 e. The highest BCUT2D eigenvalue weighted by molar-refractivity contribution is 4.91. The largest absolute Gasteiger partial charge is 0.329 e. The Hall–Kier alpha value is -0.0800. The van der Waals surface area contributed by atoms with Crippen LogP contribution in [0.5, 0.6) is 0 Å². The number of hydrogen-bond acceptors (Lipinski definition) is 2. The van der Waals surface area contributed by atoms with E-state index in [0.717, 1.165) is 6.54 Å². The summed E-state index contributed by atoms with van der Waals surface area (Å²) in [6.07, 6.45) is 6.86. The van der Waals surface area contributed by atoms with Crippen LogP contribution >= 0.6 is 0 Å². The highest BCUT2D eigenvalue weighted by Gasteiger charge is 2.29. The van der Waals surface area contributed by atoms with Crippen molar-refractivity contribution in [2.24, 2.45) is 11.7 Å². The van der Waals surface area contributed by atoms with Crippen molar-refractivity contribution >= 4 is 0 Å². The SMILES string of the molecule is CC(C)C(C)(CN)NC1CCCCC1. The van der Waals surface area contributed by atoms with Crippen LogP contribution in [0.1, 0.15) is 52.9 Å². The molecule has 1 atom stereocenters. The molecule has 1 unspecified atom stereocenters. The third-order valence-corrected chi connectivity index (χ3v) is 3.84. The zero-order valence-electron chi connectivity index (χ0n) is 9.97. The smallest absolute Gasteiger partial charge is 0.0301 e. The Bertz CT molecular complexity index is 162. The first kappa shape index (κ1) is 12.0. The van der Waals surface area contributed by atoms with Crippen molar-refractivity contribution in [2.75, 3.05) is 6.54 Å². The van der Waals surface area contributed by atoms with Crippen LogP contribution in [-0.2, 0) is 0 Å².